The molecular formula is C8H17N3O. The van der Waals surface area contributed by atoms with Gasteiger partial charge in [0.15, 0.2) is 0 Å². The highest BCUT2D eigenvalue weighted by molar-refractivity contribution is 5.75. The smallest absolute Gasteiger partial charge is 0.318 e. The quantitative estimate of drug-likeness (QED) is 0.649. The van der Waals surface area contributed by atoms with E-state index in [9.17, 15) is 4.79 Å². The number of amides is 2. The summed E-state index contributed by atoms with van der Waals surface area (Å²) >= 11 is 0. The average Bonchev–Trinajstić information content (AvgIpc) is 1.82. The van der Waals surface area contributed by atoms with Crippen LogP contribution in [0.5, 0.6) is 0 Å². The van der Waals surface area contributed by atoms with Crippen LogP contribution in [-0.4, -0.2) is 49.2 Å². The van der Waals surface area contributed by atoms with Gasteiger partial charge in [-0.25, -0.2) is 4.79 Å². The average molecular weight is 171 g/mol. The zero-order valence-corrected chi connectivity index (χ0v) is 8.00. The molecule has 0 bridgehead atoms. The molecule has 0 saturated carbocycles. The molecule has 70 valence electrons. The van der Waals surface area contributed by atoms with Crippen molar-refractivity contribution in [3.05, 3.63) is 0 Å². The molecule has 1 aliphatic heterocycles. The molecule has 4 nitrogen and oxygen atoms in total. The van der Waals surface area contributed by atoms with Crippen molar-refractivity contribution in [1.82, 2.24) is 15.1 Å². The van der Waals surface area contributed by atoms with Gasteiger partial charge in [0.05, 0.1) is 6.17 Å². The summed E-state index contributed by atoms with van der Waals surface area (Å²) in [7, 11) is 3.99. The summed E-state index contributed by atoms with van der Waals surface area (Å²) in [5.74, 6) is 0. The number of hydrogen-bond donors (Lipinski definition) is 1. The highest BCUT2D eigenvalue weighted by Crippen LogP contribution is 2.18. The first-order chi connectivity index (χ1) is 5.66. The van der Waals surface area contributed by atoms with E-state index >= 15 is 0 Å². The van der Waals surface area contributed by atoms with E-state index in [0.717, 1.165) is 13.0 Å². The van der Waals surface area contributed by atoms with Crippen LogP contribution in [0.1, 0.15) is 13.3 Å². The van der Waals surface area contributed by atoms with Gasteiger partial charge in [-0.05, 0) is 27.4 Å². The van der Waals surface area contributed by atoms with E-state index in [-0.39, 0.29) is 6.03 Å². The Morgan fingerprint density at radius 3 is 2.67 bits per heavy atom. The Morgan fingerprint density at radius 1 is 1.67 bits per heavy atom. The molecule has 0 aromatic carbocycles. The van der Waals surface area contributed by atoms with Crippen LogP contribution in [0.3, 0.4) is 0 Å². The summed E-state index contributed by atoms with van der Waals surface area (Å²) in [4.78, 5) is 15.2. The van der Waals surface area contributed by atoms with Gasteiger partial charge in [0.1, 0.15) is 0 Å². The third-order valence-electron chi connectivity index (χ3n) is 2.17. The maximum absolute atomic E-state index is 11.3. The Bertz CT molecular complexity index is 170. The fourth-order valence-corrected chi connectivity index (χ4v) is 1.40. The molecule has 1 unspecified atom stereocenters. The zero-order chi connectivity index (χ0) is 9.14. The number of rotatable bonds is 2. The van der Waals surface area contributed by atoms with Crippen LogP contribution in [0, 0.1) is 0 Å². The molecule has 1 atom stereocenters. The summed E-state index contributed by atoms with van der Waals surface area (Å²) in [6.07, 6.45) is 1.39. The second-order valence-electron chi connectivity index (χ2n) is 3.26. The Kier molecular flexibility index (Phi) is 2.92. The monoisotopic (exact) mass is 171 g/mol. The van der Waals surface area contributed by atoms with E-state index in [1.54, 1.807) is 0 Å². The lowest BCUT2D eigenvalue weighted by Crippen LogP contribution is -2.60. The summed E-state index contributed by atoms with van der Waals surface area (Å²) in [5, 5.41) is 2.79. The third kappa shape index (κ3) is 1.69. The maximum atomic E-state index is 11.3. The summed E-state index contributed by atoms with van der Waals surface area (Å²) in [5.41, 5.74) is 0. The minimum absolute atomic E-state index is 0.0578. The van der Waals surface area contributed by atoms with Crippen LogP contribution in [0.2, 0.25) is 0 Å². The molecule has 1 N–H and O–H groups in total. The van der Waals surface area contributed by atoms with Crippen LogP contribution in [0.25, 0.3) is 0 Å². The molecular weight excluding hydrogens is 154 g/mol. The molecule has 1 heterocycles. The SMILES string of the molecule is CCNC(=O)N1CCC1N(C)C. The maximum Gasteiger partial charge on any atom is 0.318 e. The van der Waals surface area contributed by atoms with E-state index in [1.165, 1.54) is 0 Å². The van der Waals surface area contributed by atoms with Gasteiger partial charge in [0.2, 0.25) is 0 Å². The van der Waals surface area contributed by atoms with Crippen molar-refractivity contribution < 1.29 is 4.79 Å². The van der Waals surface area contributed by atoms with Gasteiger partial charge in [-0.2, -0.15) is 0 Å². The lowest BCUT2D eigenvalue weighted by molar-refractivity contribution is 0.0262. The third-order valence-corrected chi connectivity index (χ3v) is 2.17. The predicted molar refractivity (Wildman–Crippen MR) is 47.9 cm³/mol. The number of likely N-dealkylation sites (tertiary alicyclic amines) is 1. The molecule has 0 radical (unpaired) electrons. The van der Waals surface area contributed by atoms with Gasteiger partial charge in [-0.1, -0.05) is 0 Å². The number of carbonyl (C=O) groups excluding carboxylic acids is 1. The van der Waals surface area contributed by atoms with Crippen molar-refractivity contribution in [3.63, 3.8) is 0 Å². The largest absolute Gasteiger partial charge is 0.338 e. The normalized spacial score (nSPS) is 22.3. The van der Waals surface area contributed by atoms with E-state index in [4.69, 9.17) is 0 Å². The van der Waals surface area contributed by atoms with Crippen molar-refractivity contribution in [2.75, 3.05) is 27.2 Å². The number of carbonyl (C=O) groups is 1. The van der Waals surface area contributed by atoms with Gasteiger partial charge in [0.25, 0.3) is 0 Å². The molecule has 1 fully saturated rings. The molecule has 0 spiro atoms. The van der Waals surface area contributed by atoms with Gasteiger partial charge < -0.3 is 10.2 Å². The van der Waals surface area contributed by atoms with E-state index in [0.29, 0.717) is 12.7 Å². The van der Waals surface area contributed by atoms with Gasteiger partial charge in [-0.15, -0.1) is 0 Å². The molecule has 4 heteroatoms. The van der Waals surface area contributed by atoms with E-state index < -0.39 is 0 Å². The topological polar surface area (TPSA) is 35.6 Å². The zero-order valence-electron chi connectivity index (χ0n) is 8.00. The number of hydrogen-bond acceptors (Lipinski definition) is 2. The second-order valence-corrected chi connectivity index (χ2v) is 3.26. The fraction of sp³-hybridized carbons (Fsp3) is 0.875. The second kappa shape index (κ2) is 3.76. The first-order valence-corrected chi connectivity index (χ1v) is 4.37. The molecule has 0 aromatic rings. The number of urea groups is 1. The Balaban J connectivity index is 2.38. The van der Waals surface area contributed by atoms with Gasteiger partial charge >= 0.3 is 6.03 Å². The van der Waals surface area contributed by atoms with Crippen molar-refractivity contribution >= 4 is 6.03 Å². The van der Waals surface area contributed by atoms with Crippen LogP contribution in [0.4, 0.5) is 4.79 Å². The molecule has 0 aromatic heterocycles. The summed E-state index contributed by atoms with van der Waals surface area (Å²) in [6, 6.07) is 0.0578. The molecule has 1 aliphatic rings. The van der Waals surface area contributed by atoms with Crippen molar-refractivity contribution in [2.24, 2.45) is 0 Å². The molecule has 1 saturated heterocycles. The van der Waals surface area contributed by atoms with Crippen molar-refractivity contribution in [2.45, 2.75) is 19.5 Å². The minimum atomic E-state index is 0.0578. The molecule has 12 heavy (non-hydrogen) atoms. The van der Waals surface area contributed by atoms with E-state index in [1.807, 2.05) is 25.9 Å². The Morgan fingerprint density at radius 2 is 2.33 bits per heavy atom. The highest BCUT2D eigenvalue weighted by Gasteiger charge is 2.32. The summed E-state index contributed by atoms with van der Waals surface area (Å²) in [6.45, 7) is 3.52. The first kappa shape index (κ1) is 9.32. The van der Waals surface area contributed by atoms with Crippen molar-refractivity contribution in [3.8, 4) is 0 Å². The standard InChI is InChI=1S/C8H17N3O/c1-4-9-8(12)11-6-5-7(11)10(2)3/h7H,4-6H2,1-3H3,(H,9,12). The van der Waals surface area contributed by atoms with Gasteiger partial charge in [0, 0.05) is 13.1 Å². The fourth-order valence-electron chi connectivity index (χ4n) is 1.40. The van der Waals surface area contributed by atoms with Crippen LogP contribution in [0.15, 0.2) is 0 Å². The lowest BCUT2D eigenvalue weighted by Gasteiger charge is -2.44. The molecule has 1 rings (SSSR count). The number of nitrogens with zero attached hydrogens (tertiary/aromatic N) is 2. The Labute approximate surface area is 73.5 Å². The van der Waals surface area contributed by atoms with Crippen LogP contribution >= 0.6 is 0 Å². The minimum Gasteiger partial charge on any atom is -0.338 e. The van der Waals surface area contributed by atoms with Crippen molar-refractivity contribution in [1.29, 1.82) is 0 Å². The van der Waals surface area contributed by atoms with E-state index in [2.05, 4.69) is 10.2 Å². The Hall–Kier alpha value is -0.770. The number of nitrogens with one attached hydrogen (secondary N) is 1. The lowest BCUT2D eigenvalue weighted by atomic mass is 10.1. The first-order valence-electron chi connectivity index (χ1n) is 4.37. The molecule has 0 aliphatic carbocycles. The highest BCUT2D eigenvalue weighted by atomic mass is 16.2. The summed E-state index contributed by atoms with van der Waals surface area (Å²) < 4.78 is 0. The van der Waals surface area contributed by atoms with Crippen LogP contribution < -0.4 is 5.32 Å². The molecule has 2 amide bonds. The van der Waals surface area contributed by atoms with Gasteiger partial charge in [-0.3, -0.25) is 4.90 Å². The predicted octanol–water partition coefficient (Wildman–Crippen LogP) is 0.309. The van der Waals surface area contributed by atoms with Crippen LogP contribution in [-0.2, 0) is 0 Å².